The van der Waals surface area contributed by atoms with Gasteiger partial charge < -0.3 is 14.5 Å². The number of carbonyl (C=O) groups excluding carboxylic acids is 1. The van der Waals surface area contributed by atoms with E-state index in [9.17, 15) is 28.1 Å². The van der Waals surface area contributed by atoms with Crippen LogP contribution in [0.25, 0.3) is 11.0 Å². The highest BCUT2D eigenvalue weighted by Crippen LogP contribution is 2.28. The van der Waals surface area contributed by atoms with E-state index in [4.69, 9.17) is 4.42 Å². The van der Waals surface area contributed by atoms with E-state index in [-0.39, 0.29) is 5.75 Å². The third kappa shape index (κ3) is 4.84. The maximum atomic E-state index is 12.6. The second-order valence-electron chi connectivity index (χ2n) is 6.22. The van der Waals surface area contributed by atoms with E-state index in [1.807, 2.05) is 12.1 Å². The number of alkyl halides is 3. The zero-order valence-electron chi connectivity index (χ0n) is 15.0. The van der Waals surface area contributed by atoms with Gasteiger partial charge in [0.25, 0.3) is 11.6 Å². The number of rotatable bonds is 6. The average molecular weight is 408 g/mol. The van der Waals surface area contributed by atoms with Gasteiger partial charge in [0.15, 0.2) is 6.61 Å². The molecule has 0 bridgehead atoms. The Hall–Kier alpha value is -3.56. The molecule has 1 unspecified atom stereocenters. The quantitative estimate of drug-likeness (QED) is 0.468. The van der Waals surface area contributed by atoms with Crippen molar-refractivity contribution in [3.8, 4) is 5.75 Å². The van der Waals surface area contributed by atoms with Crippen LogP contribution in [0.2, 0.25) is 0 Å². The number of nitrogens with one attached hydrogen (secondary N) is 1. The molecule has 0 radical (unpaired) electrons. The van der Waals surface area contributed by atoms with Crippen molar-refractivity contribution in [1.82, 2.24) is 5.32 Å². The number of hydrogen-bond acceptors (Lipinski definition) is 5. The molecule has 0 aliphatic rings. The standard InChI is InChI=1S/C19H15F3N2O5/c1-11(17-8-12-4-2-3-5-16(12)29-17)23-18(25)14-9-13(28-10-19(20,21)22)6-7-15(14)24(26)27/h2-9,11H,10H2,1H3,(H,23,25). The number of hydrogen-bond donors (Lipinski definition) is 1. The summed E-state index contributed by atoms with van der Waals surface area (Å²) in [7, 11) is 0. The lowest BCUT2D eigenvalue weighted by Gasteiger charge is -2.13. The second-order valence-corrected chi connectivity index (χ2v) is 6.22. The van der Waals surface area contributed by atoms with Gasteiger partial charge in [0.1, 0.15) is 22.7 Å². The van der Waals surface area contributed by atoms with Crippen molar-refractivity contribution in [2.24, 2.45) is 0 Å². The van der Waals surface area contributed by atoms with E-state index in [1.165, 1.54) is 0 Å². The third-order valence-corrected chi connectivity index (χ3v) is 4.03. The number of furan rings is 1. The van der Waals surface area contributed by atoms with Crippen LogP contribution in [0, 0.1) is 10.1 Å². The minimum absolute atomic E-state index is 0.311. The van der Waals surface area contributed by atoms with Crippen molar-refractivity contribution >= 4 is 22.6 Å². The summed E-state index contributed by atoms with van der Waals surface area (Å²) >= 11 is 0. The lowest BCUT2D eigenvalue weighted by atomic mass is 10.1. The largest absolute Gasteiger partial charge is 0.484 e. The van der Waals surface area contributed by atoms with Crippen LogP contribution in [0.3, 0.4) is 0 Å². The lowest BCUT2D eigenvalue weighted by Crippen LogP contribution is -2.27. The first-order valence-corrected chi connectivity index (χ1v) is 8.41. The third-order valence-electron chi connectivity index (χ3n) is 4.03. The number of nitro benzene ring substituents is 1. The molecule has 0 fully saturated rings. The Morgan fingerprint density at radius 2 is 1.97 bits per heavy atom. The number of nitrogens with zero attached hydrogens (tertiary/aromatic N) is 1. The summed E-state index contributed by atoms with van der Waals surface area (Å²) in [5.74, 6) is -0.733. The molecule has 1 N–H and O–H groups in total. The summed E-state index contributed by atoms with van der Waals surface area (Å²) in [5, 5.41) is 14.6. The Morgan fingerprint density at radius 1 is 1.24 bits per heavy atom. The predicted octanol–water partition coefficient (Wildman–Crippen LogP) is 4.77. The summed E-state index contributed by atoms with van der Waals surface area (Å²) < 4.78 is 47.2. The number of fused-ring (bicyclic) bond motifs is 1. The van der Waals surface area contributed by atoms with Crippen molar-refractivity contribution in [3.05, 3.63) is 70.0 Å². The van der Waals surface area contributed by atoms with E-state index in [2.05, 4.69) is 10.1 Å². The van der Waals surface area contributed by atoms with Crippen molar-refractivity contribution in [1.29, 1.82) is 0 Å². The van der Waals surface area contributed by atoms with Gasteiger partial charge in [0.2, 0.25) is 0 Å². The number of para-hydroxylation sites is 1. The number of benzene rings is 2. The predicted molar refractivity (Wildman–Crippen MR) is 96.7 cm³/mol. The Labute approximate surface area is 162 Å². The van der Waals surface area contributed by atoms with Gasteiger partial charge in [0.05, 0.1) is 11.0 Å². The number of carbonyl (C=O) groups is 1. The summed E-state index contributed by atoms with van der Waals surface area (Å²) in [6.07, 6.45) is -4.58. The molecule has 1 atom stereocenters. The fourth-order valence-corrected chi connectivity index (χ4v) is 2.67. The van der Waals surface area contributed by atoms with E-state index < -0.39 is 40.9 Å². The van der Waals surface area contributed by atoms with Crippen LogP contribution in [0.5, 0.6) is 5.75 Å². The first kappa shape index (κ1) is 20.2. The Balaban J connectivity index is 1.83. The molecular formula is C19H15F3N2O5. The van der Waals surface area contributed by atoms with E-state index in [0.29, 0.717) is 11.3 Å². The topological polar surface area (TPSA) is 94.6 Å². The average Bonchev–Trinajstić information content (AvgIpc) is 3.10. The summed E-state index contributed by atoms with van der Waals surface area (Å²) in [4.78, 5) is 23.0. The van der Waals surface area contributed by atoms with Crippen molar-refractivity contribution in [2.75, 3.05) is 6.61 Å². The molecule has 3 aromatic rings. The van der Waals surface area contributed by atoms with Crippen LogP contribution >= 0.6 is 0 Å². The highest BCUT2D eigenvalue weighted by atomic mass is 19.4. The van der Waals surface area contributed by atoms with Gasteiger partial charge in [0, 0.05) is 11.5 Å². The molecule has 1 heterocycles. The number of nitro groups is 1. The normalized spacial score (nSPS) is 12.6. The molecule has 0 saturated carbocycles. The number of halogens is 3. The number of ether oxygens (including phenoxy) is 1. The molecular weight excluding hydrogens is 393 g/mol. The van der Waals surface area contributed by atoms with Crippen molar-refractivity contribution in [3.63, 3.8) is 0 Å². The molecule has 1 aromatic heterocycles. The smallest absolute Gasteiger partial charge is 0.422 e. The van der Waals surface area contributed by atoms with Crippen molar-refractivity contribution < 1.29 is 32.0 Å². The monoisotopic (exact) mass is 408 g/mol. The maximum absolute atomic E-state index is 12.6. The van der Waals surface area contributed by atoms with E-state index in [1.54, 1.807) is 25.1 Å². The maximum Gasteiger partial charge on any atom is 0.422 e. The Kier molecular flexibility index (Phi) is 5.44. The van der Waals surface area contributed by atoms with Crippen LogP contribution in [0.4, 0.5) is 18.9 Å². The van der Waals surface area contributed by atoms with Gasteiger partial charge in [-0.15, -0.1) is 0 Å². The summed E-state index contributed by atoms with van der Waals surface area (Å²) in [6, 6.07) is 11.1. The van der Waals surface area contributed by atoms with Gasteiger partial charge in [-0.1, -0.05) is 18.2 Å². The van der Waals surface area contributed by atoms with Gasteiger partial charge in [-0.25, -0.2) is 0 Å². The molecule has 0 aliphatic carbocycles. The van der Waals surface area contributed by atoms with Gasteiger partial charge in [-0.05, 0) is 31.2 Å². The van der Waals surface area contributed by atoms with E-state index >= 15 is 0 Å². The minimum Gasteiger partial charge on any atom is -0.484 e. The van der Waals surface area contributed by atoms with Gasteiger partial charge in [-0.2, -0.15) is 13.2 Å². The zero-order valence-corrected chi connectivity index (χ0v) is 15.0. The molecule has 29 heavy (non-hydrogen) atoms. The van der Waals surface area contributed by atoms with Gasteiger partial charge in [-0.3, -0.25) is 14.9 Å². The first-order valence-electron chi connectivity index (χ1n) is 8.41. The molecule has 2 aromatic carbocycles. The van der Waals surface area contributed by atoms with Crippen LogP contribution in [-0.2, 0) is 0 Å². The fourth-order valence-electron chi connectivity index (χ4n) is 2.67. The molecule has 0 saturated heterocycles. The second kappa shape index (κ2) is 7.82. The highest BCUT2D eigenvalue weighted by Gasteiger charge is 2.29. The molecule has 7 nitrogen and oxygen atoms in total. The number of amides is 1. The van der Waals surface area contributed by atoms with Crippen LogP contribution in [-0.4, -0.2) is 23.6 Å². The summed E-state index contributed by atoms with van der Waals surface area (Å²) in [5.41, 5.74) is -0.367. The Morgan fingerprint density at radius 3 is 2.62 bits per heavy atom. The Bertz CT molecular complexity index is 1030. The first-order chi connectivity index (χ1) is 13.6. The molecule has 0 aliphatic heterocycles. The fraction of sp³-hybridized carbons (Fsp3) is 0.211. The minimum atomic E-state index is -4.58. The van der Waals surface area contributed by atoms with Crippen molar-refractivity contribution in [2.45, 2.75) is 19.1 Å². The summed E-state index contributed by atoms with van der Waals surface area (Å²) in [6.45, 7) is 0.0344. The molecule has 0 spiro atoms. The lowest BCUT2D eigenvalue weighted by molar-refractivity contribution is -0.385. The van der Waals surface area contributed by atoms with Crippen LogP contribution < -0.4 is 10.1 Å². The highest BCUT2D eigenvalue weighted by molar-refractivity contribution is 5.98. The molecule has 3 rings (SSSR count). The van der Waals surface area contributed by atoms with Crippen LogP contribution in [0.15, 0.2) is 52.9 Å². The molecule has 152 valence electrons. The molecule has 1 amide bonds. The van der Waals surface area contributed by atoms with Crippen LogP contribution in [0.1, 0.15) is 29.1 Å². The molecule has 10 heteroatoms. The SMILES string of the molecule is CC(NC(=O)c1cc(OCC(F)(F)F)ccc1[N+](=O)[O-])c1cc2ccccc2o1. The van der Waals surface area contributed by atoms with E-state index in [0.717, 1.165) is 23.6 Å². The zero-order chi connectivity index (χ0) is 21.2. The van der Waals surface area contributed by atoms with Gasteiger partial charge >= 0.3 is 6.18 Å².